The Balaban J connectivity index is 2.18. The minimum absolute atomic E-state index is 0.355. The van der Waals surface area contributed by atoms with E-state index in [1.54, 1.807) is 6.07 Å². The van der Waals surface area contributed by atoms with Crippen molar-refractivity contribution < 1.29 is 5.11 Å². The van der Waals surface area contributed by atoms with Crippen molar-refractivity contribution in [2.45, 2.75) is 19.3 Å². The number of fused-ring (bicyclic) bond motifs is 1. The summed E-state index contributed by atoms with van der Waals surface area (Å²) in [5.41, 5.74) is 3.55. The van der Waals surface area contributed by atoms with Gasteiger partial charge in [0.2, 0.25) is 0 Å². The van der Waals surface area contributed by atoms with E-state index in [1.165, 1.54) is 18.4 Å². The maximum absolute atomic E-state index is 9.69. The van der Waals surface area contributed by atoms with Crippen molar-refractivity contribution in [2.24, 2.45) is 0 Å². The first-order chi connectivity index (χ1) is 7.34. The fourth-order valence-corrected chi connectivity index (χ4v) is 2.23. The van der Waals surface area contributed by atoms with E-state index in [9.17, 15) is 5.11 Å². The predicted octanol–water partition coefficient (Wildman–Crippen LogP) is 3.44. The SMILES string of the molecule is Oc1cccc2[nH]c(C3=CCCC3)cc12. The number of aromatic amines is 1. The highest BCUT2D eigenvalue weighted by Gasteiger charge is 2.10. The van der Waals surface area contributed by atoms with Crippen LogP contribution in [0.4, 0.5) is 0 Å². The molecule has 1 aliphatic rings. The Kier molecular flexibility index (Phi) is 1.81. The van der Waals surface area contributed by atoms with Crippen LogP contribution >= 0.6 is 0 Å². The quantitative estimate of drug-likeness (QED) is 0.725. The van der Waals surface area contributed by atoms with Crippen LogP contribution in [0.25, 0.3) is 16.5 Å². The third-order valence-corrected chi connectivity index (χ3v) is 3.03. The molecular formula is C13H13NO. The van der Waals surface area contributed by atoms with Crippen molar-refractivity contribution in [3.05, 3.63) is 36.0 Å². The van der Waals surface area contributed by atoms with Gasteiger partial charge in [-0.1, -0.05) is 12.1 Å². The fraction of sp³-hybridized carbons (Fsp3) is 0.231. The largest absolute Gasteiger partial charge is 0.507 e. The second-order valence-corrected chi connectivity index (χ2v) is 4.04. The van der Waals surface area contributed by atoms with Crippen LogP contribution in [0.5, 0.6) is 5.75 Å². The van der Waals surface area contributed by atoms with Gasteiger partial charge in [-0.3, -0.25) is 0 Å². The van der Waals surface area contributed by atoms with E-state index in [1.807, 2.05) is 18.2 Å². The van der Waals surface area contributed by atoms with Gasteiger partial charge in [-0.25, -0.2) is 0 Å². The van der Waals surface area contributed by atoms with Crippen molar-refractivity contribution in [3.63, 3.8) is 0 Å². The molecule has 2 heteroatoms. The molecule has 2 aromatic rings. The molecule has 0 unspecified atom stereocenters. The molecule has 0 saturated carbocycles. The van der Waals surface area contributed by atoms with Gasteiger partial charge in [0.1, 0.15) is 5.75 Å². The Hall–Kier alpha value is -1.70. The summed E-state index contributed by atoms with van der Waals surface area (Å²) in [5, 5.41) is 10.6. The Morgan fingerprint density at radius 2 is 2.20 bits per heavy atom. The highest BCUT2D eigenvalue weighted by atomic mass is 16.3. The summed E-state index contributed by atoms with van der Waals surface area (Å²) in [5.74, 6) is 0.355. The first-order valence-corrected chi connectivity index (χ1v) is 5.35. The van der Waals surface area contributed by atoms with E-state index >= 15 is 0 Å². The van der Waals surface area contributed by atoms with Gasteiger partial charge in [0.25, 0.3) is 0 Å². The third-order valence-electron chi connectivity index (χ3n) is 3.03. The third kappa shape index (κ3) is 1.33. The first kappa shape index (κ1) is 8.60. The Bertz CT molecular complexity index is 536. The molecule has 2 N–H and O–H groups in total. The molecule has 0 saturated heterocycles. The highest BCUT2D eigenvalue weighted by Crippen LogP contribution is 2.32. The molecule has 0 aliphatic heterocycles. The zero-order valence-electron chi connectivity index (χ0n) is 8.46. The highest BCUT2D eigenvalue weighted by molar-refractivity contribution is 5.89. The summed E-state index contributed by atoms with van der Waals surface area (Å²) in [6.45, 7) is 0. The van der Waals surface area contributed by atoms with Crippen molar-refractivity contribution >= 4 is 16.5 Å². The molecule has 0 spiro atoms. The topological polar surface area (TPSA) is 36.0 Å². The molecule has 0 bridgehead atoms. The number of nitrogens with one attached hydrogen (secondary N) is 1. The normalized spacial score (nSPS) is 15.9. The van der Waals surface area contributed by atoms with E-state index in [0.717, 1.165) is 23.0 Å². The standard InChI is InChI=1S/C13H13NO/c15-13-7-3-6-11-10(13)8-12(14-11)9-4-1-2-5-9/h3-4,6-8,14-15H,1-2,5H2. The summed E-state index contributed by atoms with van der Waals surface area (Å²) >= 11 is 0. The molecule has 0 fully saturated rings. The van der Waals surface area contributed by atoms with Crippen molar-refractivity contribution in [1.29, 1.82) is 0 Å². The van der Waals surface area contributed by atoms with E-state index in [0.29, 0.717) is 5.75 Å². The molecule has 0 radical (unpaired) electrons. The second kappa shape index (κ2) is 3.16. The lowest BCUT2D eigenvalue weighted by atomic mass is 10.1. The van der Waals surface area contributed by atoms with Crippen LogP contribution in [-0.4, -0.2) is 10.1 Å². The van der Waals surface area contributed by atoms with Gasteiger partial charge < -0.3 is 10.1 Å². The summed E-state index contributed by atoms with van der Waals surface area (Å²) in [6, 6.07) is 7.62. The van der Waals surface area contributed by atoms with Gasteiger partial charge in [-0.2, -0.15) is 0 Å². The van der Waals surface area contributed by atoms with Gasteiger partial charge in [-0.15, -0.1) is 0 Å². The molecule has 76 valence electrons. The molecule has 0 amide bonds. The number of phenols is 1. The van der Waals surface area contributed by atoms with E-state index in [4.69, 9.17) is 0 Å². The van der Waals surface area contributed by atoms with Crippen LogP contribution in [0.3, 0.4) is 0 Å². The smallest absolute Gasteiger partial charge is 0.124 e. The van der Waals surface area contributed by atoms with Gasteiger partial charge in [-0.05, 0) is 43.0 Å². The maximum atomic E-state index is 9.69. The fourth-order valence-electron chi connectivity index (χ4n) is 2.23. The number of hydrogen-bond donors (Lipinski definition) is 2. The molecule has 15 heavy (non-hydrogen) atoms. The van der Waals surface area contributed by atoms with Crippen LogP contribution in [-0.2, 0) is 0 Å². The van der Waals surface area contributed by atoms with Crippen LogP contribution in [0, 0.1) is 0 Å². The van der Waals surface area contributed by atoms with E-state index < -0.39 is 0 Å². The Morgan fingerprint density at radius 1 is 1.27 bits per heavy atom. The van der Waals surface area contributed by atoms with Crippen LogP contribution in [0.2, 0.25) is 0 Å². The maximum Gasteiger partial charge on any atom is 0.124 e. The minimum atomic E-state index is 0.355. The monoisotopic (exact) mass is 199 g/mol. The van der Waals surface area contributed by atoms with Crippen molar-refractivity contribution in [2.75, 3.05) is 0 Å². The van der Waals surface area contributed by atoms with E-state index in [-0.39, 0.29) is 0 Å². The van der Waals surface area contributed by atoms with Crippen molar-refractivity contribution in [1.82, 2.24) is 4.98 Å². The molecule has 0 atom stereocenters. The molecular weight excluding hydrogens is 186 g/mol. The summed E-state index contributed by atoms with van der Waals surface area (Å²) in [4.78, 5) is 3.35. The lowest BCUT2D eigenvalue weighted by Crippen LogP contribution is -1.78. The zero-order chi connectivity index (χ0) is 10.3. The average molecular weight is 199 g/mol. The summed E-state index contributed by atoms with van der Waals surface area (Å²) in [6.07, 6.45) is 5.85. The molecule has 1 aliphatic carbocycles. The molecule has 1 aromatic carbocycles. The number of rotatable bonds is 1. The predicted molar refractivity (Wildman–Crippen MR) is 61.8 cm³/mol. The Morgan fingerprint density at radius 3 is 2.93 bits per heavy atom. The number of benzene rings is 1. The van der Waals surface area contributed by atoms with Gasteiger partial charge in [0.15, 0.2) is 0 Å². The number of hydrogen-bond acceptors (Lipinski definition) is 1. The molecule has 1 aromatic heterocycles. The summed E-state index contributed by atoms with van der Waals surface area (Å²) in [7, 11) is 0. The molecule has 1 heterocycles. The second-order valence-electron chi connectivity index (χ2n) is 4.04. The molecule has 3 rings (SSSR count). The molecule has 2 nitrogen and oxygen atoms in total. The van der Waals surface area contributed by atoms with Gasteiger partial charge >= 0.3 is 0 Å². The van der Waals surface area contributed by atoms with Crippen molar-refractivity contribution in [3.8, 4) is 5.75 Å². The average Bonchev–Trinajstić information content (AvgIpc) is 2.86. The lowest BCUT2D eigenvalue weighted by Gasteiger charge is -1.95. The van der Waals surface area contributed by atoms with Crippen LogP contribution < -0.4 is 0 Å². The number of aromatic hydroxyl groups is 1. The van der Waals surface area contributed by atoms with Gasteiger partial charge in [0, 0.05) is 16.6 Å². The van der Waals surface area contributed by atoms with Gasteiger partial charge in [0.05, 0.1) is 0 Å². The zero-order valence-corrected chi connectivity index (χ0v) is 8.46. The minimum Gasteiger partial charge on any atom is -0.507 e. The van der Waals surface area contributed by atoms with Crippen LogP contribution in [0.15, 0.2) is 30.3 Å². The van der Waals surface area contributed by atoms with Crippen LogP contribution in [0.1, 0.15) is 25.0 Å². The van der Waals surface area contributed by atoms with E-state index in [2.05, 4.69) is 11.1 Å². The Labute approximate surface area is 88.2 Å². The number of phenolic OH excluding ortho intramolecular Hbond substituents is 1. The number of aromatic nitrogens is 1. The summed E-state index contributed by atoms with van der Waals surface area (Å²) < 4.78 is 0. The first-order valence-electron chi connectivity index (χ1n) is 5.35. The number of H-pyrrole nitrogens is 1. The number of allylic oxidation sites excluding steroid dienone is 2. The lowest BCUT2D eigenvalue weighted by molar-refractivity contribution is 0.482.